The summed E-state index contributed by atoms with van der Waals surface area (Å²) >= 11 is 3.98. The number of unbranched alkanes of at least 4 members (excludes halogenated alkanes) is 3. The minimum atomic E-state index is 1.21. The van der Waals surface area contributed by atoms with Crippen molar-refractivity contribution in [1.29, 1.82) is 0 Å². The Kier molecular flexibility index (Phi) is 8.37. The molecule has 0 fully saturated rings. The van der Waals surface area contributed by atoms with Crippen molar-refractivity contribution in [3.63, 3.8) is 0 Å². The van der Waals surface area contributed by atoms with E-state index < -0.39 is 0 Å². The third-order valence-corrected chi connectivity index (χ3v) is 1.83. The molecule has 0 aliphatic carbocycles. The Morgan fingerprint density at radius 1 is 1.50 bits per heavy atom. The van der Waals surface area contributed by atoms with Gasteiger partial charge in [0.1, 0.15) is 0 Å². The van der Waals surface area contributed by atoms with Crippen LogP contribution < -0.4 is 0 Å². The highest BCUT2D eigenvalue weighted by molar-refractivity contribution is 8.69. The summed E-state index contributed by atoms with van der Waals surface area (Å²) in [5.74, 6) is 2.14. The first-order valence-electron chi connectivity index (χ1n) is 3.03. The molecule has 0 aromatic heterocycles. The maximum atomic E-state index is 3.98. The highest BCUT2D eigenvalue weighted by Gasteiger charge is 1.84. The van der Waals surface area contributed by atoms with Gasteiger partial charge in [-0.3, -0.25) is 0 Å². The lowest BCUT2D eigenvalue weighted by Crippen LogP contribution is -1.71. The molecular weight excluding hydrogens is 136 g/mol. The molecule has 0 spiro atoms. The van der Waals surface area contributed by atoms with Crippen molar-refractivity contribution >= 4 is 22.5 Å². The molecular formula is C6H13S2. The predicted octanol–water partition coefficient (Wildman–Crippen LogP) is 3.31. The van der Waals surface area contributed by atoms with Crippen LogP contribution in [0.2, 0.25) is 0 Å². The third-order valence-electron chi connectivity index (χ3n) is 1.00. The molecule has 0 aromatic rings. The zero-order valence-corrected chi connectivity index (χ0v) is 6.97. The lowest BCUT2D eigenvalue weighted by molar-refractivity contribution is 0.724. The topological polar surface area (TPSA) is 0 Å². The molecule has 0 nitrogen and oxygen atoms in total. The van der Waals surface area contributed by atoms with E-state index in [-0.39, 0.29) is 0 Å². The van der Waals surface area contributed by atoms with Gasteiger partial charge in [0.25, 0.3) is 0 Å². The largest absolute Gasteiger partial charge is 0.111 e. The lowest BCUT2D eigenvalue weighted by Gasteiger charge is -1.92. The van der Waals surface area contributed by atoms with Gasteiger partial charge in [0, 0.05) is 5.75 Å². The molecule has 0 saturated heterocycles. The standard InChI is InChI=1S/C6H13S2/c1-2-3-4-5-6-8-7/h6-7H,2-5H2,1H3. The first-order valence-corrected chi connectivity index (χ1v) is 4.97. The number of rotatable bonds is 5. The van der Waals surface area contributed by atoms with Crippen LogP contribution in [0.3, 0.4) is 0 Å². The summed E-state index contributed by atoms with van der Waals surface area (Å²) in [5.41, 5.74) is 0. The Labute approximate surface area is 61.2 Å². The van der Waals surface area contributed by atoms with Crippen LogP contribution in [0.25, 0.3) is 0 Å². The van der Waals surface area contributed by atoms with Crippen molar-refractivity contribution < 1.29 is 0 Å². The summed E-state index contributed by atoms with van der Waals surface area (Å²) in [6.07, 6.45) is 5.20. The molecule has 0 aliphatic rings. The molecule has 0 N–H and O–H groups in total. The first-order chi connectivity index (χ1) is 3.91. The van der Waals surface area contributed by atoms with E-state index in [1.807, 2.05) is 0 Å². The second kappa shape index (κ2) is 7.70. The molecule has 0 rings (SSSR count). The fraction of sp³-hybridized carbons (Fsp3) is 0.833. The van der Waals surface area contributed by atoms with Gasteiger partial charge in [-0.2, -0.15) is 0 Å². The molecule has 0 bridgehead atoms. The smallest absolute Gasteiger partial charge is 0.0276 e. The van der Waals surface area contributed by atoms with Crippen LogP contribution in [0.15, 0.2) is 0 Å². The van der Waals surface area contributed by atoms with Crippen molar-refractivity contribution in [1.82, 2.24) is 0 Å². The van der Waals surface area contributed by atoms with Crippen molar-refractivity contribution in [2.45, 2.75) is 32.6 Å². The van der Waals surface area contributed by atoms with Gasteiger partial charge < -0.3 is 0 Å². The summed E-state index contributed by atoms with van der Waals surface area (Å²) in [6.45, 7) is 2.22. The van der Waals surface area contributed by atoms with Crippen LogP contribution in [0, 0.1) is 5.75 Å². The zero-order chi connectivity index (χ0) is 6.24. The Balaban J connectivity index is 2.53. The molecule has 1 radical (unpaired) electrons. The minimum Gasteiger partial charge on any atom is -0.111 e. The van der Waals surface area contributed by atoms with E-state index in [0.29, 0.717) is 0 Å². The van der Waals surface area contributed by atoms with E-state index in [0.717, 1.165) is 0 Å². The molecule has 2 heteroatoms. The van der Waals surface area contributed by atoms with Gasteiger partial charge >= 0.3 is 0 Å². The average molecular weight is 149 g/mol. The molecule has 0 aliphatic heterocycles. The summed E-state index contributed by atoms with van der Waals surface area (Å²) < 4.78 is 0. The Morgan fingerprint density at radius 2 is 2.25 bits per heavy atom. The Hall–Kier alpha value is 0.700. The van der Waals surface area contributed by atoms with Crippen LogP contribution in [0.4, 0.5) is 0 Å². The van der Waals surface area contributed by atoms with Gasteiger partial charge in [-0.1, -0.05) is 37.0 Å². The summed E-state index contributed by atoms with van der Waals surface area (Å²) in [5, 5.41) is 0. The second-order valence-electron chi connectivity index (χ2n) is 1.77. The SMILES string of the molecule is CCCCC[CH]SS. The van der Waals surface area contributed by atoms with Gasteiger partial charge in [0.15, 0.2) is 0 Å². The fourth-order valence-corrected chi connectivity index (χ4v) is 1.12. The molecule has 0 amide bonds. The van der Waals surface area contributed by atoms with E-state index in [1.54, 1.807) is 0 Å². The van der Waals surface area contributed by atoms with Crippen molar-refractivity contribution in [3.05, 3.63) is 5.75 Å². The number of hydrogen-bond acceptors (Lipinski definition) is 2. The molecule has 0 heterocycles. The average Bonchev–Trinajstić information content (AvgIpc) is 1.81. The van der Waals surface area contributed by atoms with E-state index in [4.69, 9.17) is 0 Å². The summed E-state index contributed by atoms with van der Waals surface area (Å²) in [4.78, 5) is 0. The van der Waals surface area contributed by atoms with E-state index in [2.05, 4.69) is 24.3 Å². The van der Waals surface area contributed by atoms with Crippen LogP contribution in [0.5, 0.6) is 0 Å². The van der Waals surface area contributed by atoms with E-state index >= 15 is 0 Å². The maximum absolute atomic E-state index is 3.98. The van der Waals surface area contributed by atoms with E-state index in [1.165, 1.54) is 36.5 Å². The quantitative estimate of drug-likeness (QED) is 0.355. The zero-order valence-electron chi connectivity index (χ0n) is 5.26. The molecule has 0 aromatic carbocycles. The molecule has 8 heavy (non-hydrogen) atoms. The summed E-state index contributed by atoms with van der Waals surface area (Å²) in [6, 6.07) is 0. The Bertz CT molecular complexity index is 31.5. The predicted molar refractivity (Wildman–Crippen MR) is 45.0 cm³/mol. The highest BCUT2D eigenvalue weighted by Crippen LogP contribution is 2.14. The van der Waals surface area contributed by atoms with E-state index in [9.17, 15) is 0 Å². The van der Waals surface area contributed by atoms with Gasteiger partial charge in [-0.15, -0.1) is 11.7 Å². The lowest BCUT2D eigenvalue weighted by atomic mass is 10.2. The normalized spacial score (nSPS) is 9.75. The van der Waals surface area contributed by atoms with Crippen molar-refractivity contribution in [2.24, 2.45) is 0 Å². The Morgan fingerprint density at radius 3 is 2.75 bits per heavy atom. The van der Waals surface area contributed by atoms with Crippen molar-refractivity contribution in [3.8, 4) is 0 Å². The molecule has 49 valence electrons. The van der Waals surface area contributed by atoms with Crippen molar-refractivity contribution in [2.75, 3.05) is 0 Å². The number of thiol groups is 1. The van der Waals surface area contributed by atoms with Crippen LogP contribution in [-0.4, -0.2) is 0 Å². The van der Waals surface area contributed by atoms with Gasteiger partial charge in [-0.05, 0) is 6.42 Å². The fourth-order valence-electron chi connectivity index (χ4n) is 0.530. The molecule has 0 saturated carbocycles. The van der Waals surface area contributed by atoms with Crippen LogP contribution in [-0.2, 0) is 0 Å². The summed E-state index contributed by atoms with van der Waals surface area (Å²) in [7, 11) is 1.52. The van der Waals surface area contributed by atoms with Gasteiger partial charge in [0.2, 0.25) is 0 Å². The molecule has 0 atom stereocenters. The molecule has 0 unspecified atom stereocenters. The van der Waals surface area contributed by atoms with Crippen LogP contribution in [0.1, 0.15) is 32.6 Å². The number of hydrogen-bond donors (Lipinski definition) is 1. The second-order valence-corrected chi connectivity index (χ2v) is 2.94. The van der Waals surface area contributed by atoms with Gasteiger partial charge in [-0.25, -0.2) is 0 Å². The third kappa shape index (κ3) is 6.70. The maximum Gasteiger partial charge on any atom is 0.0276 e. The highest BCUT2D eigenvalue weighted by atomic mass is 33.1. The van der Waals surface area contributed by atoms with Crippen LogP contribution >= 0.6 is 22.5 Å². The van der Waals surface area contributed by atoms with Gasteiger partial charge in [0.05, 0.1) is 0 Å². The minimum absolute atomic E-state index is 1.21. The monoisotopic (exact) mass is 149 g/mol. The first kappa shape index (κ1) is 8.70.